The standard InChI is InChI=1S/C22H19ClN2O4S2/c23-18-5-1-17(2-6-18)22-24-19(15-30-22)7-10-21(26)16-3-8-20(9-4-16)31(27,28)25-11-13-29-14-12-25/h1-10,15H,11-14H2. The van der Waals surface area contributed by atoms with Crippen LogP contribution < -0.4 is 0 Å². The minimum Gasteiger partial charge on any atom is -0.379 e. The van der Waals surface area contributed by atoms with Crippen LogP contribution in [0.2, 0.25) is 5.02 Å². The molecule has 0 aliphatic carbocycles. The van der Waals surface area contributed by atoms with E-state index in [9.17, 15) is 13.2 Å². The number of morpholine rings is 1. The van der Waals surface area contributed by atoms with Gasteiger partial charge in [-0.3, -0.25) is 4.79 Å². The Morgan fingerprint density at radius 1 is 1.06 bits per heavy atom. The summed E-state index contributed by atoms with van der Waals surface area (Å²) in [6.45, 7) is 1.43. The minimum atomic E-state index is -3.58. The second-order valence-corrected chi connectivity index (χ2v) is 10.1. The molecule has 6 nitrogen and oxygen atoms in total. The molecule has 1 aliphatic heterocycles. The van der Waals surface area contributed by atoms with Gasteiger partial charge in [-0.15, -0.1) is 11.3 Å². The van der Waals surface area contributed by atoms with Crippen LogP contribution >= 0.6 is 22.9 Å². The Bertz CT molecular complexity index is 1200. The van der Waals surface area contributed by atoms with Crippen molar-refractivity contribution in [3.63, 3.8) is 0 Å². The van der Waals surface area contributed by atoms with E-state index in [1.54, 1.807) is 18.2 Å². The predicted molar refractivity (Wildman–Crippen MR) is 122 cm³/mol. The van der Waals surface area contributed by atoms with Gasteiger partial charge in [0.15, 0.2) is 5.78 Å². The number of nitrogens with zero attached hydrogens (tertiary/aromatic N) is 2. The third kappa shape index (κ3) is 5.11. The zero-order valence-corrected chi connectivity index (χ0v) is 18.8. The van der Waals surface area contributed by atoms with E-state index in [0.717, 1.165) is 10.6 Å². The molecule has 0 N–H and O–H groups in total. The van der Waals surface area contributed by atoms with Crippen LogP contribution in [0.25, 0.3) is 16.6 Å². The highest BCUT2D eigenvalue weighted by atomic mass is 35.5. The molecule has 9 heteroatoms. The highest BCUT2D eigenvalue weighted by molar-refractivity contribution is 7.89. The maximum Gasteiger partial charge on any atom is 0.243 e. The number of carbonyl (C=O) groups excluding carboxylic acids is 1. The summed E-state index contributed by atoms with van der Waals surface area (Å²) in [4.78, 5) is 17.2. The number of sulfonamides is 1. The van der Waals surface area contributed by atoms with Gasteiger partial charge in [-0.1, -0.05) is 23.7 Å². The van der Waals surface area contributed by atoms with Gasteiger partial charge in [0.05, 0.1) is 23.8 Å². The third-order valence-electron chi connectivity index (χ3n) is 4.77. The van der Waals surface area contributed by atoms with Gasteiger partial charge in [-0.05, 0) is 48.6 Å². The number of hydrogen-bond donors (Lipinski definition) is 0. The summed E-state index contributed by atoms with van der Waals surface area (Å²) < 4.78 is 32.0. The van der Waals surface area contributed by atoms with Crippen molar-refractivity contribution in [1.29, 1.82) is 0 Å². The first-order valence-electron chi connectivity index (χ1n) is 9.55. The Labute approximate surface area is 189 Å². The van der Waals surface area contributed by atoms with E-state index in [-0.39, 0.29) is 10.7 Å². The number of benzene rings is 2. The molecule has 0 radical (unpaired) electrons. The number of aromatic nitrogens is 1. The van der Waals surface area contributed by atoms with Crippen molar-refractivity contribution in [2.24, 2.45) is 0 Å². The molecule has 1 aliphatic rings. The number of hydrogen-bond acceptors (Lipinski definition) is 6. The lowest BCUT2D eigenvalue weighted by atomic mass is 10.1. The van der Waals surface area contributed by atoms with Gasteiger partial charge in [0.25, 0.3) is 0 Å². The van der Waals surface area contributed by atoms with E-state index in [0.29, 0.717) is 42.6 Å². The van der Waals surface area contributed by atoms with Gasteiger partial charge in [0, 0.05) is 34.6 Å². The van der Waals surface area contributed by atoms with Crippen LogP contribution in [0.5, 0.6) is 0 Å². The Morgan fingerprint density at radius 2 is 1.74 bits per heavy atom. The SMILES string of the molecule is O=C(C=Cc1csc(-c2ccc(Cl)cc2)n1)c1ccc(S(=O)(=O)N2CCOCC2)cc1. The lowest BCUT2D eigenvalue weighted by Gasteiger charge is -2.26. The van der Waals surface area contributed by atoms with E-state index >= 15 is 0 Å². The van der Waals surface area contributed by atoms with E-state index in [4.69, 9.17) is 16.3 Å². The van der Waals surface area contributed by atoms with Gasteiger partial charge in [0.2, 0.25) is 10.0 Å². The van der Waals surface area contributed by atoms with E-state index in [1.807, 2.05) is 17.5 Å². The van der Waals surface area contributed by atoms with Gasteiger partial charge in [-0.25, -0.2) is 13.4 Å². The average Bonchev–Trinajstić information content (AvgIpc) is 3.28. The number of allylic oxidation sites excluding steroid dienone is 1. The molecule has 4 rings (SSSR count). The Morgan fingerprint density at radius 3 is 2.42 bits per heavy atom. The summed E-state index contributed by atoms with van der Waals surface area (Å²) in [5.41, 5.74) is 2.04. The Kier molecular flexibility index (Phi) is 6.64. The van der Waals surface area contributed by atoms with Crippen LogP contribution in [0.3, 0.4) is 0 Å². The number of carbonyl (C=O) groups is 1. The van der Waals surface area contributed by atoms with Crippen molar-refractivity contribution in [2.75, 3.05) is 26.3 Å². The molecule has 0 bridgehead atoms. The normalized spacial score (nSPS) is 15.4. The number of ether oxygens (including phenoxy) is 1. The molecular formula is C22H19ClN2O4S2. The first-order chi connectivity index (χ1) is 14.9. The molecule has 160 valence electrons. The zero-order chi connectivity index (χ0) is 21.8. The molecule has 0 unspecified atom stereocenters. The molecule has 2 aromatic carbocycles. The number of rotatable bonds is 6. The van der Waals surface area contributed by atoms with Crippen LogP contribution in [0.15, 0.2) is 64.9 Å². The van der Waals surface area contributed by atoms with Gasteiger partial charge < -0.3 is 4.74 Å². The van der Waals surface area contributed by atoms with Crippen LogP contribution in [-0.4, -0.2) is 49.8 Å². The molecular weight excluding hydrogens is 456 g/mol. The highest BCUT2D eigenvalue weighted by Crippen LogP contribution is 2.25. The predicted octanol–water partition coefficient (Wildman–Crippen LogP) is 4.38. The molecule has 1 saturated heterocycles. The summed E-state index contributed by atoms with van der Waals surface area (Å²) in [5.74, 6) is -0.226. The second-order valence-electron chi connectivity index (χ2n) is 6.82. The summed E-state index contributed by atoms with van der Waals surface area (Å²) in [7, 11) is -3.58. The summed E-state index contributed by atoms with van der Waals surface area (Å²) >= 11 is 7.39. The summed E-state index contributed by atoms with van der Waals surface area (Å²) in [6, 6.07) is 13.4. The molecule has 1 fully saturated rings. The van der Waals surface area contributed by atoms with E-state index in [1.165, 1.54) is 46.0 Å². The van der Waals surface area contributed by atoms with Crippen molar-refractivity contribution in [3.8, 4) is 10.6 Å². The average molecular weight is 475 g/mol. The monoisotopic (exact) mass is 474 g/mol. The highest BCUT2D eigenvalue weighted by Gasteiger charge is 2.26. The molecule has 0 saturated carbocycles. The van der Waals surface area contributed by atoms with Crippen molar-refractivity contribution in [1.82, 2.24) is 9.29 Å². The summed E-state index contributed by atoms with van der Waals surface area (Å²) in [6.07, 6.45) is 3.09. The second kappa shape index (κ2) is 9.42. The lowest BCUT2D eigenvalue weighted by Crippen LogP contribution is -2.40. The summed E-state index contributed by atoms with van der Waals surface area (Å²) in [5, 5.41) is 3.36. The number of halogens is 1. The number of ketones is 1. The van der Waals surface area contributed by atoms with Gasteiger partial charge in [0.1, 0.15) is 5.01 Å². The number of thiazole rings is 1. The fourth-order valence-corrected chi connectivity index (χ4v) is 5.40. The quantitative estimate of drug-likeness (QED) is 0.391. The van der Waals surface area contributed by atoms with Crippen LogP contribution in [0, 0.1) is 0 Å². The smallest absolute Gasteiger partial charge is 0.243 e. The largest absolute Gasteiger partial charge is 0.379 e. The van der Waals surface area contributed by atoms with E-state index < -0.39 is 10.0 Å². The maximum absolute atomic E-state index is 12.7. The first-order valence-corrected chi connectivity index (χ1v) is 12.2. The van der Waals surface area contributed by atoms with Gasteiger partial charge in [-0.2, -0.15) is 4.31 Å². The first kappa shape index (κ1) is 21.9. The van der Waals surface area contributed by atoms with Crippen LogP contribution in [-0.2, 0) is 14.8 Å². The Hall–Kier alpha value is -2.36. The molecule has 2 heterocycles. The fraction of sp³-hybridized carbons (Fsp3) is 0.182. The fourth-order valence-electron chi connectivity index (χ4n) is 3.07. The topological polar surface area (TPSA) is 76.6 Å². The maximum atomic E-state index is 12.7. The van der Waals surface area contributed by atoms with Crippen molar-refractivity contribution >= 4 is 44.8 Å². The molecule has 0 atom stereocenters. The molecule has 1 aromatic heterocycles. The third-order valence-corrected chi connectivity index (χ3v) is 7.84. The zero-order valence-electron chi connectivity index (χ0n) is 16.4. The van der Waals surface area contributed by atoms with Crippen molar-refractivity contribution in [3.05, 3.63) is 76.3 Å². The van der Waals surface area contributed by atoms with Crippen molar-refractivity contribution < 1.29 is 17.9 Å². The molecule has 31 heavy (non-hydrogen) atoms. The molecule has 0 spiro atoms. The van der Waals surface area contributed by atoms with Crippen molar-refractivity contribution in [2.45, 2.75) is 4.90 Å². The Balaban J connectivity index is 1.44. The minimum absolute atomic E-state index is 0.169. The van der Waals surface area contributed by atoms with E-state index in [2.05, 4.69) is 4.98 Å². The van der Waals surface area contributed by atoms with Crippen LogP contribution in [0.1, 0.15) is 16.1 Å². The molecule has 0 amide bonds. The van der Waals surface area contributed by atoms with Gasteiger partial charge >= 0.3 is 0 Å². The molecule has 3 aromatic rings. The van der Waals surface area contributed by atoms with Crippen LogP contribution in [0.4, 0.5) is 0 Å². The lowest BCUT2D eigenvalue weighted by molar-refractivity contribution is 0.0730.